The molecule has 1 aromatic heterocycles. The van der Waals surface area contributed by atoms with E-state index in [4.69, 9.17) is 27.9 Å². The van der Waals surface area contributed by atoms with E-state index in [1.807, 2.05) is 60.5 Å². The van der Waals surface area contributed by atoms with Crippen LogP contribution in [0.3, 0.4) is 0 Å². The van der Waals surface area contributed by atoms with Gasteiger partial charge in [-0.05, 0) is 24.1 Å². The minimum Gasteiger partial charge on any atom is -0.502 e. The fraction of sp³-hybridized carbons (Fsp3) is 0.231. The summed E-state index contributed by atoms with van der Waals surface area (Å²) in [5.41, 5.74) is 0.925. The first-order chi connectivity index (χ1) is 16.9. The summed E-state index contributed by atoms with van der Waals surface area (Å²) in [6.07, 6.45) is 5.87. The lowest BCUT2D eigenvalue weighted by Gasteiger charge is -2.45. The van der Waals surface area contributed by atoms with Crippen molar-refractivity contribution in [3.63, 3.8) is 0 Å². The molecule has 0 spiro atoms. The number of carbonyl (C=O) groups excluding carboxylic acids is 1. The van der Waals surface area contributed by atoms with E-state index in [-0.39, 0.29) is 30.0 Å². The summed E-state index contributed by atoms with van der Waals surface area (Å²) in [6, 6.07) is 13.7. The molecular weight excluding hydrogens is 489 g/mol. The molecule has 2 aliphatic rings. The van der Waals surface area contributed by atoms with Gasteiger partial charge >= 0.3 is 0 Å². The lowest BCUT2D eigenvalue weighted by Crippen LogP contribution is -2.57. The summed E-state index contributed by atoms with van der Waals surface area (Å²) in [6.45, 7) is 2.39. The standard InChI is InChI=1S/C26H23Cl2N3O4/c1-2-17-9-6-14-35-25-18(10-11-19(27)21(25)28)22(16-7-4-3-5-8-16)31-15-29(17)26(34)23-24(33)20(32)12-13-30(23)31/h3-13,17,22,33H,2,14-15H2,1H3/b9-6+/t17-,22-/m1/s1. The van der Waals surface area contributed by atoms with Crippen LogP contribution in [0.15, 0.2) is 71.7 Å². The molecule has 1 N–H and O–H groups in total. The quantitative estimate of drug-likeness (QED) is 0.503. The Bertz CT molecular complexity index is 1370. The number of hydrogen-bond acceptors (Lipinski definition) is 5. The molecule has 5 rings (SSSR count). The first-order valence-electron chi connectivity index (χ1n) is 11.3. The minimum absolute atomic E-state index is 0.0849. The van der Waals surface area contributed by atoms with Crippen molar-refractivity contribution in [3.05, 3.63) is 104 Å². The highest BCUT2D eigenvalue weighted by atomic mass is 35.5. The highest BCUT2D eigenvalue weighted by Crippen LogP contribution is 2.43. The second kappa shape index (κ2) is 9.32. The second-order valence-corrected chi connectivity index (χ2v) is 9.17. The minimum atomic E-state index is -0.617. The Hall–Kier alpha value is -3.42. The maximum absolute atomic E-state index is 13.6. The van der Waals surface area contributed by atoms with Crippen molar-refractivity contribution < 1.29 is 14.6 Å². The average molecular weight is 512 g/mol. The van der Waals surface area contributed by atoms with E-state index in [1.165, 1.54) is 12.3 Å². The maximum Gasteiger partial charge on any atom is 0.278 e. The van der Waals surface area contributed by atoms with E-state index >= 15 is 0 Å². The van der Waals surface area contributed by atoms with Crippen molar-refractivity contribution in [3.8, 4) is 11.5 Å². The molecule has 9 heteroatoms. The van der Waals surface area contributed by atoms with Gasteiger partial charge in [-0.15, -0.1) is 0 Å². The number of fused-ring (bicyclic) bond motifs is 5. The number of carbonyl (C=O) groups is 1. The SMILES string of the molecule is CC[C@@H]1/C=C/COc2c(ccc(Cl)c2Cl)[C@@H](c2ccccc2)N2CN1C(=O)c1c(O)c(=O)ccn12. The van der Waals surface area contributed by atoms with Crippen molar-refractivity contribution >= 4 is 29.1 Å². The average Bonchev–Trinajstić information content (AvgIpc) is 2.89. The third-order valence-corrected chi connectivity index (χ3v) is 7.17. The Morgan fingerprint density at radius 3 is 2.60 bits per heavy atom. The lowest BCUT2D eigenvalue weighted by atomic mass is 9.96. The Kier molecular flexibility index (Phi) is 6.21. The number of halogens is 2. The number of pyridine rings is 1. The van der Waals surface area contributed by atoms with E-state index in [0.29, 0.717) is 17.2 Å². The van der Waals surface area contributed by atoms with Crippen LogP contribution in [-0.4, -0.2) is 39.9 Å². The molecule has 0 aliphatic carbocycles. The summed E-state index contributed by atoms with van der Waals surface area (Å²) in [4.78, 5) is 27.6. The first kappa shape index (κ1) is 23.3. The fourth-order valence-electron chi connectivity index (χ4n) is 4.68. The molecule has 0 fully saturated rings. The summed E-state index contributed by atoms with van der Waals surface area (Å²) in [7, 11) is 0. The van der Waals surface area contributed by atoms with Crippen LogP contribution >= 0.6 is 23.2 Å². The zero-order valence-electron chi connectivity index (χ0n) is 18.9. The molecule has 2 aliphatic heterocycles. The van der Waals surface area contributed by atoms with Gasteiger partial charge in [0.25, 0.3) is 5.91 Å². The van der Waals surface area contributed by atoms with E-state index in [9.17, 15) is 14.7 Å². The predicted octanol–water partition coefficient (Wildman–Crippen LogP) is 4.73. The molecule has 180 valence electrons. The number of hydrogen-bond donors (Lipinski definition) is 1. The molecule has 0 radical (unpaired) electrons. The Morgan fingerprint density at radius 2 is 1.86 bits per heavy atom. The molecular formula is C26H23Cl2N3O4. The smallest absolute Gasteiger partial charge is 0.278 e. The number of aromatic nitrogens is 1. The molecule has 0 saturated carbocycles. The van der Waals surface area contributed by atoms with Crippen molar-refractivity contribution in [2.75, 3.05) is 18.3 Å². The fourth-order valence-corrected chi connectivity index (χ4v) is 5.05. The highest BCUT2D eigenvalue weighted by Gasteiger charge is 2.39. The molecule has 7 nitrogen and oxygen atoms in total. The van der Waals surface area contributed by atoms with Crippen LogP contribution in [0.2, 0.25) is 10.0 Å². The van der Waals surface area contributed by atoms with Crippen LogP contribution in [0, 0.1) is 0 Å². The van der Waals surface area contributed by atoms with Crippen LogP contribution in [0.5, 0.6) is 11.5 Å². The molecule has 0 saturated heterocycles. The van der Waals surface area contributed by atoms with E-state index < -0.39 is 23.1 Å². The van der Waals surface area contributed by atoms with Gasteiger partial charge < -0.3 is 14.7 Å². The van der Waals surface area contributed by atoms with Crippen LogP contribution < -0.4 is 15.2 Å². The first-order valence-corrected chi connectivity index (χ1v) is 12.0. The van der Waals surface area contributed by atoms with Crippen molar-refractivity contribution in [2.24, 2.45) is 0 Å². The van der Waals surface area contributed by atoms with Gasteiger partial charge in [-0.25, -0.2) is 0 Å². The molecule has 0 unspecified atom stereocenters. The van der Waals surface area contributed by atoms with Gasteiger partial charge in [-0.2, -0.15) is 0 Å². The lowest BCUT2D eigenvalue weighted by molar-refractivity contribution is 0.0626. The van der Waals surface area contributed by atoms with Gasteiger partial charge in [0.15, 0.2) is 11.4 Å². The van der Waals surface area contributed by atoms with Gasteiger partial charge in [-0.3, -0.25) is 19.3 Å². The Balaban J connectivity index is 1.84. The largest absolute Gasteiger partial charge is 0.502 e. The predicted molar refractivity (Wildman–Crippen MR) is 135 cm³/mol. The number of aromatic hydroxyl groups is 1. The van der Waals surface area contributed by atoms with Crippen LogP contribution in [0.1, 0.15) is 41.0 Å². The van der Waals surface area contributed by atoms with Gasteiger partial charge in [0.2, 0.25) is 5.43 Å². The normalized spacial score (nSPS) is 20.4. The summed E-state index contributed by atoms with van der Waals surface area (Å²) < 4.78 is 7.69. The molecule has 2 bridgehead atoms. The highest BCUT2D eigenvalue weighted by molar-refractivity contribution is 6.43. The molecule has 1 amide bonds. The Labute approximate surface area is 212 Å². The van der Waals surface area contributed by atoms with Gasteiger partial charge in [0.1, 0.15) is 30.1 Å². The molecule has 35 heavy (non-hydrogen) atoms. The van der Waals surface area contributed by atoms with Crippen LogP contribution in [0.4, 0.5) is 0 Å². The third kappa shape index (κ3) is 3.94. The van der Waals surface area contributed by atoms with Gasteiger partial charge in [0.05, 0.1) is 11.1 Å². The second-order valence-electron chi connectivity index (χ2n) is 8.39. The number of benzene rings is 2. The van der Waals surface area contributed by atoms with Crippen LogP contribution in [0.25, 0.3) is 0 Å². The summed E-state index contributed by atoms with van der Waals surface area (Å²) >= 11 is 13.0. The van der Waals surface area contributed by atoms with Gasteiger partial charge in [-0.1, -0.05) is 72.6 Å². The Morgan fingerprint density at radius 1 is 1.09 bits per heavy atom. The van der Waals surface area contributed by atoms with E-state index in [2.05, 4.69) is 0 Å². The topological polar surface area (TPSA) is 75.0 Å². The van der Waals surface area contributed by atoms with Crippen molar-refractivity contribution in [2.45, 2.75) is 25.4 Å². The van der Waals surface area contributed by atoms with E-state index in [1.54, 1.807) is 15.6 Å². The zero-order chi connectivity index (χ0) is 24.7. The summed E-state index contributed by atoms with van der Waals surface area (Å²) in [5.74, 6) is -0.574. The summed E-state index contributed by atoms with van der Waals surface area (Å²) in [5, 5.41) is 13.3. The molecule has 3 heterocycles. The number of ether oxygens (including phenoxy) is 1. The van der Waals surface area contributed by atoms with Gasteiger partial charge in [0, 0.05) is 17.8 Å². The number of rotatable bonds is 2. The third-order valence-electron chi connectivity index (χ3n) is 6.38. The molecule has 2 atom stereocenters. The van der Waals surface area contributed by atoms with Crippen molar-refractivity contribution in [1.82, 2.24) is 9.58 Å². The van der Waals surface area contributed by atoms with E-state index in [0.717, 1.165) is 11.1 Å². The van der Waals surface area contributed by atoms with Crippen molar-refractivity contribution in [1.29, 1.82) is 0 Å². The monoisotopic (exact) mass is 511 g/mol. The molecule has 3 aromatic rings. The van der Waals surface area contributed by atoms with Crippen LogP contribution in [-0.2, 0) is 0 Å². The zero-order valence-corrected chi connectivity index (χ0v) is 20.4. The number of amides is 1. The maximum atomic E-state index is 13.6. The number of nitrogens with zero attached hydrogens (tertiary/aromatic N) is 3. The molecule has 2 aromatic carbocycles.